The van der Waals surface area contributed by atoms with Crippen molar-refractivity contribution in [3.8, 4) is 0 Å². The molecule has 23 heavy (non-hydrogen) atoms. The van der Waals surface area contributed by atoms with Crippen LogP contribution < -0.4 is 0 Å². The second kappa shape index (κ2) is 6.34. The molecule has 0 bridgehead atoms. The summed E-state index contributed by atoms with van der Waals surface area (Å²) in [7, 11) is 0. The van der Waals surface area contributed by atoms with Crippen LogP contribution >= 0.6 is 11.6 Å². The molecule has 1 fully saturated rings. The first-order chi connectivity index (χ1) is 11.0. The number of carbonyl (C=O) groups is 1. The number of pyridine rings is 1. The highest BCUT2D eigenvalue weighted by molar-refractivity contribution is 6.30. The van der Waals surface area contributed by atoms with Crippen LogP contribution in [0.5, 0.6) is 0 Å². The number of aromatic nitrogens is 1. The van der Waals surface area contributed by atoms with E-state index < -0.39 is 4.92 Å². The van der Waals surface area contributed by atoms with Crippen molar-refractivity contribution in [1.29, 1.82) is 0 Å². The normalized spacial score (nSPS) is 13.6. The number of nitro benzene ring substituents is 1. The fourth-order valence-electron chi connectivity index (χ4n) is 2.37. The molecule has 3 rings (SSSR count). The lowest BCUT2D eigenvalue weighted by atomic mass is 10.1. The Morgan fingerprint density at radius 2 is 2.13 bits per heavy atom. The molecule has 7 heteroatoms. The van der Waals surface area contributed by atoms with Gasteiger partial charge >= 0.3 is 0 Å². The highest BCUT2D eigenvalue weighted by Crippen LogP contribution is 2.30. The predicted octanol–water partition coefficient (Wildman–Crippen LogP) is 3.45. The van der Waals surface area contributed by atoms with Crippen LogP contribution in [0.2, 0.25) is 5.02 Å². The lowest BCUT2D eigenvalue weighted by molar-refractivity contribution is -0.384. The van der Waals surface area contributed by atoms with Gasteiger partial charge in [0.25, 0.3) is 11.6 Å². The summed E-state index contributed by atoms with van der Waals surface area (Å²) in [6.07, 6.45) is 3.32. The Labute approximate surface area is 137 Å². The molecule has 0 unspecified atom stereocenters. The van der Waals surface area contributed by atoms with E-state index >= 15 is 0 Å². The summed E-state index contributed by atoms with van der Waals surface area (Å²) in [5.41, 5.74) is 1.08. The molecule has 0 N–H and O–H groups in total. The molecule has 0 atom stereocenters. The minimum Gasteiger partial charge on any atom is -0.330 e. The number of nitro groups is 1. The number of amides is 1. The summed E-state index contributed by atoms with van der Waals surface area (Å²) in [5.74, 6) is -0.185. The van der Waals surface area contributed by atoms with Gasteiger partial charge in [-0.25, -0.2) is 4.98 Å². The number of hydrogen-bond acceptors (Lipinski definition) is 4. The summed E-state index contributed by atoms with van der Waals surface area (Å²) in [6, 6.07) is 9.73. The molecule has 0 spiro atoms. The Morgan fingerprint density at radius 3 is 2.74 bits per heavy atom. The van der Waals surface area contributed by atoms with Gasteiger partial charge in [0.05, 0.1) is 9.95 Å². The number of carbonyl (C=O) groups excluding carboxylic acids is 1. The second-order valence-electron chi connectivity index (χ2n) is 5.45. The minimum atomic E-state index is -0.437. The van der Waals surface area contributed by atoms with Gasteiger partial charge in [0.1, 0.15) is 5.69 Å². The summed E-state index contributed by atoms with van der Waals surface area (Å²) in [6.45, 7) is 0.329. The van der Waals surface area contributed by atoms with Crippen molar-refractivity contribution in [3.63, 3.8) is 0 Å². The highest BCUT2D eigenvalue weighted by atomic mass is 35.5. The third-order valence-corrected chi connectivity index (χ3v) is 3.89. The van der Waals surface area contributed by atoms with Crippen LogP contribution in [0.15, 0.2) is 42.6 Å². The van der Waals surface area contributed by atoms with E-state index in [-0.39, 0.29) is 17.6 Å². The molecule has 6 nitrogen and oxygen atoms in total. The molecular formula is C16H14ClN3O3. The fraction of sp³-hybridized carbons (Fsp3) is 0.250. The Morgan fingerprint density at radius 1 is 1.35 bits per heavy atom. The van der Waals surface area contributed by atoms with Crippen LogP contribution in [-0.2, 0) is 6.54 Å². The summed E-state index contributed by atoms with van der Waals surface area (Å²) in [5, 5.41) is 11.3. The van der Waals surface area contributed by atoms with Gasteiger partial charge in [0.2, 0.25) is 0 Å². The Balaban J connectivity index is 1.82. The van der Waals surface area contributed by atoms with E-state index in [1.165, 1.54) is 18.3 Å². The lowest BCUT2D eigenvalue weighted by Gasteiger charge is -2.22. The van der Waals surface area contributed by atoms with Crippen molar-refractivity contribution >= 4 is 23.2 Å². The average Bonchev–Trinajstić information content (AvgIpc) is 3.38. The minimum absolute atomic E-state index is 0.0234. The molecular weight excluding hydrogens is 318 g/mol. The van der Waals surface area contributed by atoms with Crippen molar-refractivity contribution < 1.29 is 9.72 Å². The number of rotatable bonds is 5. The Kier molecular flexibility index (Phi) is 4.25. The maximum Gasteiger partial charge on any atom is 0.272 e. The van der Waals surface area contributed by atoms with Crippen LogP contribution in [0.3, 0.4) is 0 Å². The van der Waals surface area contributed by atoms with Crippen molar-refractivity contribution in [2.24, 2.45) is 0 Å². The van der Waals surface area contributed by atoms with Crippen molar-refractivity contribution in [2.75, 3.05) is 0 Å². The van der Waals surface area contributed by atoms with Crippen LogP contribution in [0, 0.1) is 10.1 Å². The molecule has 2 aromatic rings. The zero-order chi connectivity index (χ0) is 16.4. The van der Waals surface area contributed by atoms with Crippen molar-refractivity contribution in [3.05, 3.63) is 69.0 Å². The molecule has 0 radical (unpaired) electrons. The molecule has 1 heterocycles. The van der Waals surface area contributed by atoms with Gasteiger partial charge in [-0.3, -0.25) is 14.9 Å². The monoisotopic (exact) mass is 331 g/mol. The molecule has 1 aliphatic carbocycles. The summed E-state index contributed by atoms with van der Waals surface area (Å²) < 4.78 is 0. The second-order valence-corrected chi connectivity index (χ2v) is 5.89. The number of benzene rings is 1. The van der Waals surface area contributed by atoms with Gasteiger partial charge in [-0.05, 0) is 30.5 Å². The van der Waals surface area contributed by atoms with E-state index in [0.29, 0.717) is 17.3 Å². The molecule has 1 aromatic heterocycles. The predicted molar refractivity (Wildman–Crippen MR) is 85.2 cm³/mol. The largest absolute Gasteiger partial charge is 0.330 e. The molecule has 1 aromatic carbocycles. The number of halogens is 1. The van der Waals surface area contributed by atoms with Crippen LogP contribution in [-0.4, -0.2) is 26.8 Å². The fourth-order valence-corrected chi connectivity index (χ4v) is 2.48. The SMILES string of the molecule is O=C(c1ccc(Cl)cn1)N(Cc1cccc([N+](=O)[O-])c1)C1CC1. The third-order valence-electron chi connectivity index (χ3n) is 3.67. The molecule has 1 aliphatic rings. The number of non-ortho nitro benzene ring substituents is 1. The third kappa shape index (κ3) is 3.65. The van der Waals surface area contributed by atoms with Gasteiger partial charge in [0.15, 0.2) is 0 Å². The van der Waals surface area contributed by atoms with Gasteiger partial charge in [-0.15, -0.1) is 0 Å². The number of nitrogens with zero attached hydrogens (tertiary/aromatic N) is 3. The van der Waals surface area contributed by atoms with Crippen LogP contribution in [0.1, 0.15) is 28.9 Å². The topological polar surface area (TPSA) is 76.3 Å². The smallest absolute Gasteiger partial charge is 0.272 e. The highest BCUT2D eigenvalue weighted by Gasteiger charge is 2.33. The number of hydrogen-bond donors (Lipinski definition) is 0. The first-order valence-corrected chi connectivity index (χ1v) is 7.58. The summed E-state index contributed by atoms with van der Waals surface area (Å²) in [4.78, 5) is 28.9. The molecule has 118 valence electrons. The van der Waals surface area contributed by atoms with E-state index in [1.807, 2.05) is 0 Å². The quantitative estimate of drug-likeness (QED) is 0.621. The van der Waals surface area contributed by atoms with E-state index in [4.69, 9.17) is 11.6 Å². The maximum absolute atomic E-state index is 12.6. The summed E-state index contributed by atoms with van der Waals surface area (Å²) >= 11 is 5.80. The standard InChI is InChI=1S/C16H14ClN3O3/c17-12-4-7-15(18-9-12)16(21)19(13-5-6-13)10-11-2-1-3-14(8-11)20(22)23/h1-4,7-9,13H,5-6,10H2. The first-order valence-electron chi connectivity index (χ1n) is 7.20. The molecule has 0 aliphatic heterocycles. The lowest BCUT2D eigenvalue weighted by Crippen LogP contribution is -2.33. The van der Waals surface area contributed by atoms with Gasteiger partial charge < -0.3 is 4.90 Å². The van der Waals surface area contributed by atoms with Gasteiger partial charge in [-0.1, -0.05) is 23.7 Å². The molecule has 0 saturated heterocycles. The van der Waals surface area contributed by atoms with Crippen molar-refractivity contribution in [2.45, 2.75) is 25.4 Å². The molecule has 1 saturated carbocycles. The zero-order valence-electron chi connectivity index (χ0n) is 12.2. The average molecular weight is 332 g/mol. The Hall–Kier alpha value is -2.47. The van der Waals surface area contributed by atoms with E-state index in [0.717, 1.165) is 18.4 Å². The maximum atomic E-state index is 12.6. The Bertz CT molecular complexity index is 744. The van der Waals surface area contributed by atoms with E-state index in [1.54, 1.807) is 29.2 Å². The van der Waals surface area contributed by atoms with Crippen molar-refractivity contribution in [1.82, 2.24) is 9.88 Å². The van der Waals surface area contributed by atoms with Gasteiger partial charge in [-0.2, -0.15) is 0 Å². The van der Waals surface area contributed by atoms with E-state index in [9.17, 15) is 14.9 Å². The van der Waals surface area contributed by atoms with E-state index in [2.05, 4.69) is 4.98 Å². The van der Waals surface area contributed by atoms with Gasteiger partial charge in [0, 0.05) is 30.9 Å². The van der Waals surface area contributed by atoms with Crippen LogP contribution in [0.25, 0.3) is 0 Å². The molecule has 1 amide bonds. The first kappa shape index (κ1) is 15.4. The zero-order valence-corrected chi connectivity index (χ0v) is 12.9. The van der Waals surface area contributed by atoms with Crippen LogP contribution in [0.4, 0.5) is 5.69 Å².